The second-order valence-electron chi connectivity index (χ2n) is 3.66. The Morgan fingerprint density at radius 1 is 1.50 bits per heavy atom. The molecule has 0 radical (unpaired) electrons. The minimum atomic E-state index is -0.773. The quantitative estimate of drug-likeness (QED) is 0.580. The summed E-state index contributed by atoms with van der Waals surface area (Å²) in [5, 5.41) is 11.5. The van der Waals surface area contributed by atoms with Crippen molar-refractivity contribution in [1.29, 1.82) is 0 Å². The van der Waals surface area contributed by atoms with Gasteiger partial charge in [-0.2, -0.15) is 0 Å². The summed E-state index contributed by atoms with van der Waals surface area (Å²) < 4.78 is 0. The fourth-order valence-electron chi connectivity index (χ4n) is 2.27. The van der Waals surface area contributed by atoms with Crippen LogP contribution in [-0.4, -0.2) is 23.0 Å². The van der Waals surface area contributed by atoms with Gasteiger partial charge in [-0.15, -0.1) is 0 Å². The summed E-state index contributed by atoms with van der Waals surface area (Å²) in [5.41, 5.74) is 0. The minimum Gasteiger partial charge on any atom is -0.481 e. The SMILES string of the molecule is O=C1CC2CC(N1)C(C(=O)O)C2. The molecule has 1 saturated carbocycles. The van der Waals surface area contributed by atoms with Crippen molar-refractivity contribution in [2.75, 3.05) is 0 Å². The van der Waals surface area contributed by atoms with Gasteiger partial charge in [0.05, 0.1) is 5.92 Å². The van der Waals surface area contributed by atoms with Gasteiger partial charge in [0, 0.05) is 12.5 Å². The molecular formula is C8H11NO3. The highest BCUT2D eigenvalue weighted by molar-refractivity contribution is 5.80. The lowest BCUT2D eigenvalue weighted by Crippen LogP contribution is -2.42. The molecule has 1 amide bonds. The van der Waals surface area contributed by atoms with Crippen LogP contribution in [0.25, 0.3) is 0 Å². The Kier molecular flexibility index (Phi) is 1.56. The molecule has 2 rings (SSSR count). The van der Waals surface area contributed by atoms with Gasteiger partial charge in [0.25, 0.3) is 0 Å². The molecule has 0 aromatic rings. The Hall–Kier alpha value is -1.06. The number of carbonyl (C=O) groups is 2. The van der Waals surface area contributed by atoms with E-state index in [1.54, 1.807) is 0 Å². The van der Waals surface area contributed by atoms with E-state index in [2.05, 4.69) is 5.32 Å². The van der Waals surface area contributed by atoms with Crippen LogP contribution in [-0.2, 0) is 9.59 Å². The molecule has 3 unspecified atom stereocenters. The number of fused-ring (bicyclic) bond motifs is 2. The van der Waals surface area contributed by atoms with Crippen molar-refractivity contribution in [3.05, 3.63) is 0 Å². The van der Waals surface area contributed by atoms with Crippen LogP contribution >= 0.6 is 0 Å². The first kappa shape index (κ1) is 7.58. The first-order valence-electron chi connectivity index (χ1n) is 4.19. The van der Waals surface area contributed by atoms with Crippen LogP contribution < -0.4 is 5.32 Å². The molecule has 4 heteroatoms. The molecule has 2 aliphatic rings. The molecule has 12 heavy (non-hydrogen) atoms. The number of amides is 1. The maximum absolute atomic E-state index is 11.0. The average Bonchev–Trinajstić information content (AvgIpc) is 2.26. The van der Waals surface area contributed by atoms with E-state index < -0.39 is 5.97 Å². The van der Waals surface area contributed by atoms with E-state index in [4.69, 9.17) is 5.11 Å². The van der Waals surface area contributed by atoms with Crippen molar-refractivity contribution >= 4 is 11.9 Å². The second-order valence-corrected chi connectivity index (χ2v) is 3.66. The Labute approximate surface area is 69.9 Å². The zero-order chi connectivity index (χ0) is 8.72. The zero-order valence-electron chi connectivity index (χ0n) is 6.62. The number of piperidine rings is 1. The molecule has 0 aromatic carbocycles. The van der Waals surface area contributed by atoms with Gasteiger partial charge in [-0.3, -0.25) is 9.59 Å². The highest BCUT2D eigenvalue weighted by atomic mass is 16.4. The summed E-state index contributed by atoms with van der Waals surface area (Å²) in [6.07, 6.45) is 2.03. The first-order chi connectivity index (χ1) is 5.66. The van der Waals surface area contributed by atoms with E-state index >= 15 is 0 Å². The fraction of sp³-hybridized carbons (Fsp3) is 0.750. The molecule has 2 bridgehead atoms. The highest BCUT2D eigenvalue weighted by Crippen LogP contribution is 2.36. The smallest absolute Gasteiger partial charge is 0.308 e. The maximum atomic E-state index is 11.0. The predicted octanol–water partition coefficient (Wildman–Crippen LogP) is -0.0143. The van der Waals surface area contributed by atoms with E-state index in [9.17, 15) is 9.59 Å². The standard InChI is InChI=1S/C8H11NO3/c10-7-3-4-1-5(8(11)12)6(2-4)9-7/h4-6H,1-3H2,(H,9,10)(H,11,12). The molecule has 0 aromatic heterocycles. The number of hydrogen-bond donors (Lipinski definition) is 2. The lowest BCUT2D eigenvalue weighted by Gasteiger charge is -2.20. The van der Waals surface area contributed by atoms with E-state index in [-0.39, 0.29) is 17.9 Å². The first-order valence-corrected chi connectivity index (χ1v) is 4.19. The van der Waals surface area contributed by atoms with Crippen LogP contribution in [0, 0.1) is 11.8 Å². The van der Waals surface area contributed by atoms with Crippen LogP contribution in [0.2, 0.25) is 0 Å². The summed E-state index contributed by atoms with van der Waals surface area (Å²) in [5.74, 6) is -0.795. The van der Waals surface area contributed by atoms with Gasteiger partial charge in [-0.05, 0) is 18.8 Å². The minimum absolute atomic E-state index is 0.0139. The Balaban J connectivity index is 2.14. The third-order valence-electron chi connectivity index (χ3n) is 2.80. The van der Waals surface area contributed by atoms with Gasteiger partial charge in [0.1, 0.15) is 0 Å². The van der Waals surface area contributed by atoms with Gasteiger partial charge < -0.3 is 10.4 Å². The number of carboxylic acids is 1. The number of nitrogens with one attached hydrogen (secondary N) is 1. The Morgan fingerprint density at radius 2 is 2.25 bits per heavy atom. The molecule has 2 N–H and O–H groups in total. The summed E-state index contributed by atoms with van der Waals surface area (Å²) in [7, 11) is 0. The van der Waals surface area contributed by atoms with Crippen LogP contribution in [0.3, 0.4) is 0 Å². The van der Waals surface area contributed by atoms with E-state index in [1.165, 1.54) is 0 Å². The van der Waals surface area contributed by atoms with Crippen LogP contribution in [0.15, 0.2) is 0 Å². The van der Waals surface area contributed by atoms with E-state index in [0.717, 1.165) is 6.42 Å². The Bertz CT molecular complexity index is 238. The lowest BCUT2D eigenvalue weighted by atomic mass is 10.0. The molecule has 66 valence electrons. The third kappa shape index (κ3) is 1.07. The molecule has 2 fully saturated rings. The zero-order valence-corrected chi connectivity index (χ0v) is 6.62. The number of carboxylic acid groups (broad SMARTS) is 1. The molecular weight excluding hydrogens is 158 g/mol. The van der Waals surface area contributed by atoms with Crippen molar-refractivity contribution < 1.29 is 14.7 Å². The molecule has 0 spiro atoms. The maximum Gasteiger partial charge on any atom is 0.308 e. The molecule has 4 nitrogen and oxygen atoms in total. The van der Waals surface area contributed by atoms with Crippen molar-refractivity contribution in [2.45, 2.75) is 25.3 Å². The van der Waals surface area contributed by atoms with Crippen molar-refractivity contribution in [2.24, 2.45) is 11.8 Å². The molecule has 1 saturated heterocycles. The second kappa shape index (κ2) is 2.47. The van der Waals surface area contributed by atoms with E-state index in [1.807, 2.05) is 0 Å². The number of rotatable bonds is 1. The molecule has 1 heterocycles. The fourth-order valence-corrected chi connectivity index (χ4v) is 2.27. The highest BCUT2D eigenvalue weighted by Gasteiger charge is 2.43. The molecule has 3 atom stereocenters. The monoisotopic (exact) mass is 169 g/mol. The van der Waals surface area contributed by atoms with Crippen LogP contribution in [0.4, 0.5) is 0 Å². The van der Waals surface area contributed by atoms with Crippen molar-refractivity contribution in [3.63, 3.8) is 0 Å². The normalized spacial score (nSPS) is 39.3. The number of hydrogen-bond acceptors (Lipinski definition) is 2. The van der Waals surface area contributed by atoms with E-state index in [0.29, 0.717) is 18.8 Å². The average molecular weight is 169 g/mol. The Morgan fingerprint density at radius 3 is 2.92 bits per heavy atom. The van der Waals surface area contributed by atoms with Crippen molar-refractivity contribution in [3.8, 4) is 0 Å². The predicted molar refractivity (Wildman–Crippen MR) is 40.4 cm³/mol. The molecule has 1 aliphatic carbocycles. The van der Waals surface area contributed by atoms with Gasteiger partial charge in [0.2, 0.25) is 5.91 Å². The van der Waals surface area contributed by atoms with Gasteiger partial charge >= 0.3 is 5.97 Å². The number of carbonyl (C=O) groups excluding carboxylic acids is 1. The van der Waals surface area contributed by atoms with Crippen molar-refractivity contribution in [1.82, 2.24) is 5.32 Å². The van der Waals surface area contributed by atoms with Gasteiger partial charge in [-0.25, -0.2) is 0 Å². The summed E-state index contributed by atoms with van der Waals surface area (Å²) in [6, 6.07) is -0.103. The van der Waals surface area contributed by atoms with Gasteiger partial charge in [-0.1, -0.05) is 0 Å². The molecule has 1 aliphatic heterocycles. The number of aliphatic carboxylic acids is 1. The summed E-state index contributed by atoms with van der Waals surface area (Å²) >= 11 is 0. The van der Waals surface area contributed by atoms with Gasteiger partial charge in [0.15, 0.2) is 0 Å². The summed E-state index contributed by atoms with van der Waals surface area (Å²) in [6.45, 7) is 0. The van der Waals surface area contributed by atoms with Crippen LogP contribution in [0.5, 0.6) is 0 Å². The largest absolute Gasteiger partial charge is 0.481 e. The topological polar surface area (TPSA) is 66.4 Å². The van der Waals surface area contributed by atoms with Crippen LogP contribution in [0.1, 0.15) is 19.3 Å². The lowest BCUT2D eigenvalue weighted by molar-refractivity contribution is -0.142. The third-order valence-corrected chi connectivity index (χ3v) is 2.80. The summed E-state index contributed by atoms with van der Waals surface area (Å²) in [4.78, 5) is 21.7.